The molecule has 0 aromatic carbocycles. The van der Waals surface area contributed by atoms with Crippen LogP contribution in [0.3, 0.4) is 0 Å². The molecule has 1 unspecified atom stereocenters. The average molecular weight is 230 g/mol. The Kier molecular flexibility index (Phi) is 7.28. The molecule has 0 heterocycles. The zero-order valence-electron chi connectivity index (χ0n) is 10.2. The third kappa shape index (κ3) is 8.05. The maximum atomic E-state index is 11.3. The molecule has 1 amide bonds. The van der Waals surface area contributed by atoms with Gasteiger partial charge in [-0.2, -0.15) is 0 Å². The molecular weight excluding hydrogens is 208 g/mol. The minimum absolute atomic E-state index is 0.0264. The van der Waals surface area contributed by atoms with Crippen LogP contribution in [0.4, 0.5) is 0 Å². The van der Waals surface area contributed by atoms with E-state index < -0.39 is 0 Å². The summed E-state index contributed by atoms with van der Waals surface area (Å²) in [5.41, 5.74) is 5.35. The largest absolute Gasteiger partial charge is 0.409 e. The highest BCUT2D eigenvalue weighted by Crippen LogP contribution is 1.91. The topological polar surface area (TPSA) is 99.7 Å². The number of amidine groups is 1. The van der Waals surface area contributed by atoms with Crippen molar-refractivity contribution in [2.45, 2.75) is 45.7 Å². The molecule has 0 aliphatic heterocycles. The number of nitrogens with two attached hydrogens (primary N) is 1. The van der Waals surface area contributed by atoms with Gasteiger partial charge in [-0.15, -0.1) is 0 Å². The Morgan fingerprint density at radius 3 is 2.56 bits per heavy atom. The Balaban J connectivity index is 3.62. The van der Waals surface area contributed by atoms with E-state index in [-0.39, 0.29) is 23.8 Å². The van der Waals surface area contributed by atoms with Crippen molar-refractivity contribution < 1.29 is 10.0 Å². The molecule has 1 atom stereocenters. The van der Waals surface area contributed by atoms with E-state index in [0.29, 0.717) is 19.4 Å². The first-order valence-corrected chi connectivity index (χ1v) is 5.44. The van der Waals surface area contributed by atoms with Gasteiger partial charge in [0.15, 0.2) is 0 Å². The van der Waals surface area contributed by atoms with E-state index in [1.165, 1.54) is 0 Å². The van der Waals surface area contributed by atoms with Crippen molar-refractivity contribution in [2.75, 3.05) is 6.54 Å². The second-order valence-electron chi connectivity index (χ2n) is 4.12. The fraction of sp³-hybridized carbons (Fsp3) is 0.800. The number of carbonyl (C=O) groups is 1. The van der Waals surface area contributed by atoms with Crippen molar-refractivity contribution >= 4 is 11.7 Å². The second kappa shape index (κ2) is 7.92. The van der Waals surface area contributed by atoms with Crippen LogP contribution >= 0.6 is 0 Å². The van der Waals surface area contributed by atoms with Crippen molar-refractivity contribution in [1.29, 1.82) is 0 Å². The van der Waals surface area contributed by atoms with E-state index in [2.05, 4.69) is 15.8 Å². The standard InChI is InChI=1S/C10H22N4O2/c1-7(2)13-10(15)4-5-12-8(3)6-9(11)14-16/h7-8,12,16H,4-6H2,1-3H3,(H2,11,14)(H,13,15). The molecule has 6 nitrogen and oxygen atoms in total. The quantitative estimate of drug-likeness (QED) is 0.214. The lowest BCUT2D eigenvalue weighted by atomic mass is 10.2. The minimum atomic E-state index is 0.0264. The third-order valence-electron chi connectivity index (χ3n) is 1.94. The molecule has 0 bridgehead atoms. The van der Waals surface area contributed by atoms with Gasteiger partial charge < -0.3 is 21.6 Å². The van der Waals surface area contributed by atoms with E-state index in [0.717, 1.165) is 0 Å². The number of nitrogens with one attached hydrogen (secondary N) is 2. The number of hydrogen-bond acceptors (Lipinski definition) is 4. The molecule has 0 radical (unpaired) electrons. The molecule has 0 fully saturated rings. The minimum Gasteiger partial charge on any atom is -0.409 e. The molecule has 0 aromatic rings. The van der Waals surface area contributed by atoms with Gasteiger partial charge in [0.1, 0.15) is 5.84 Å². The van der Waals surface area contributed by atoms with E-state index in [9.17, 15) is 4.79 Å². The summed E-state index contributed by atoms with van der Waals surface area (Å²) >= 11 is 0. The van der Waals surface area contributed by atoms with Crippen LogP contribution < -0.4 is 16.4 Å². The van der Waals surface area contributed by atoms with Crippen LogP contribution in [-0.2, 0) is 4.79 Å². The number of nitrogens with zero attached hydrogens (tertiary/aromatic N) is 1. The molecule has 16 heavy (non-hydrogen) atoms. The van der Waals surface area contributed by atoms with Crippen LogP contribution in [0.25, 0.3) is 0 Å². The van der Waals surface area contributed by atoms with E-state index in [1.54, 1.807) is 0 Å². The molecule has 6 heteroatoms. The first-order chi connectivity index (χ1) is 7.45. The van der Waals surface area contributed by atoms with E-state index in [4.69, 9.17) is 10.9 Å². The van der Waals surface area contributed by atoms with Crippen molar-refractivity contribution in [3.63, 3.8) is 0 Å². The van der Waals surface area contributed by atoms with Crippen LogP contribution in [0, 0.1) is 0 Å². The Bertz CT molecular complexity index is 241. The highest BCUT2D eigenvalue weighted by Gasteiger charge is 2.06. The summed E-state index contributed by atoms with van der Waals surface area (Å²) in [6, 6.07) is 0.254. The molecule has 0 aliphatic carbocycles. The first kappa shape index (κ1) is 14.7. The van der Waals surface area contributed by atoms with Crippen molar-refractivity contribution in [1.82, 2.24) is 10.6 Å². The maximum Gasteiger partial charge on any atom is 0.221 e. The lowest BCUT2D eigenvalue weighted by Gasteiger charge is -2.13. The highest BCUT2D eigenvalue weighted by molar-refractivity contribution is 5.80. The van der Waals surface area contributed by atoms with Crippen LogP contribution in [0.2, 0.25) is 0 Å². The van der Waals surface area contributed by atoms with E-state index >= 15 is 0 Å². The van der Waals surface area contributed by atoms with Crippen molar-refractivity contribution in [3.05, 3.63) is 0 Å². The Hall–Kier alpha value is -1.30. The summed E-state index contributed by atoms with van der Waals surface area (Å²) < 4.78 is 0. The number of amides is 1. The molecule has 94 valence electrons. The van der Waals surface area contributed by atoms with Gasteiger partial charge in [0.05, 0.1) is 0 Å². The van der Waals surface area contributed by atoms with Crippen LogP contribution in [0.5, 0.6) is 0 Å². The van der Waals surface area contributed by atoms with Gasteiger partial charge in [0.25, 0.3) is 0 Å². The van der Waals surface area contributed by atoms with Crippen molar-refractivity contribution in [2.24, 2.45) is 10.9 Å². The lowest BCUT2D eigenvalue weighted by molar-refractivity contribution is -0.121. The number of hydrogen-bond donors (Lipinski definition) is 4. The predicted octanol–water partition coefficient (Wildman–Crippen LogP) is 0.0157. The van der Waals surface area contributed by atoms with Gasteiger partial charge in [0, 0.05) is 31.5 Å². The maximum absolute atomic E-state index is 11.3. The Morgan fingerprint density at radius 2 is 2.06 bits per heavy atom. The fourth-order valence-electron chi connectivity index (χ4n) is 1.25. The zero-order chi connectivity index (χ0) is 12.6. The van der Waals surface area contributed by atoms with Gasteiger partial charge in [-0.25, -0.2) is 0 Å². The summed E-state index contributed by atoms with van der Waals surface area (Å²) in [5.74, 6) is 0.213. The summed E-state index contributed by atoms with van der Waals surface area (Å²) in [6.45, 7) is 6.34. The smallest absolute Gasteiger partial charge is 0.221 e. The SMILES string of the molecule is CC(C)NC(=O)CCNC(C)CC(N)=NO. The predicted molar refractivity (Wildman–Crippen MR) is 63.4 cm³/mol. The van der Waals surface area contributed by atoms with Crippen LogP contribution in [-0.4, -0.2) is 35.6 Å². The molecule has 0 aromatic heterocycles. The first-order valence-electron chi connectivity index (χ1n) is 5.44. The van der Waals surface area contributed by atoms with Gasteiger partial charge in [0.2, 0.25) is 5.91 Å². The normalized spacial score (nSPS) is 13.9. The Morgan fingerprint density at radius 1 is 1.44 bits per heavy atom. The van der Waals surface area contributed by atoms with Crippen molar-refractivity contribution in [3.8, 4) is 0 Å². The summed E-state index contributed by atoms with van der Waals surface area (Å²) in [5, 5.41) is 17.2. The van der Waals surface area contributed by atoms with Gasteiger partial charge in [-0.05, 0) is 20.8 Å². The molecule has 0 aliphatic rings. The summed E-state index contributed by atoms with van der Waals surface area (Å²) in [7, 11) is 0. The summed E-state index contributed by atoms with van der Waals surface area (Å²) in [6.07, 6.45) is 0.890. The van der Waals surface area contributed by atoms with Crippen LogP contribution in [0.15, 0.2) is 5.16 Å². The average Bonchev–Trinajstić information content (AvgIpc) is 2.16. The Labute approximate surface area is 96.3 Å². The summed E-state index contributed by atoms with van der Waals surface area (Å²) in [4.78, 5) is 11.3. The lowest BCUT2D eigenvalue weighted by Crippen LogP contribution is -2.36. The monoisotopic (exact) mass is 230 g/mol. The molecule has 0 saturated heterocycles. The fourth-order valence-corrected chi connectivity index (χ4v) is 1.25. The van der Waals surface area contributed by atoms with Crippen LogP contribution in [0.1, 0.15) is 33.6 Å². The second-order valence-corrected chi connectivity index (χ2v) is 4.12. The molecule has 0 spiro atoms. The molecule has 5 N–H and O–H groups in total. The molecule has 0 saturated carbocycles. The van der Waals surface area contributed by atoms with Gasteiger partial charge in [-0.3, -0.25) is 4.79 Å². The number of carbonyl (C=O) groups excluding carboxylic acids is 1. The molecule has 0 rings (SSSR count). The molecular formula is C10H22N4O2. The highest BCUT2D eigenvalue weighted by atomic mass is 16.4. The van der Waals surface area contributed by atoms with Gasteiger partial charge in [-0.1, -0.05) is 5.16 Å². The number of oxime groups is 1. The number of rotatable bonds is 7. The third-order valence-corrected chi connectivity index (χ3v) is 1.94. The van der Waals surface area contributed by atoms with Gasteiger partial charge >= 0.3 is 0 Å². The zero-order valence-corrected chi connectivity index (χ0v) is 10.2. The van der Waals surface area contributed by atoms with E-state index in [1.807, 2.05) is 20.8 Å².